The number of hydrogen-bond acceptors (Lipinski definition) is 3. The third-order valence-corrected chi connectivity index (χ3v) is 11.4. The SMILES string of the molecule is CCCCCCCCCCCCSCc1cc(CCCCCCCCC)c(O)c(CSCCCCCCCCCCCC)c1. The first-order chi connectivity index (χ1) is 21.7. The van der Waals surface area contributed by atoms with E-state index in [0.717, 1.165) is 17.9 Å². The first kappa shape index (κ1) is 41.7. The first-order valence-corrected chi connectivity index (χ1v) is 22.0. The van der Waals surface area contributed by atoms with Gasteiger partial charge in [-0.2, -0.15) is 23.5 Å². The van der Waals surface area contributed by atoms with E-state index in [1.807, 2.05) is 11.8 Å². The maximum absolute atomic E-state index is 11.2. The normalized spacial score (nSPS) is 11.5. The lowest BCUT2D eigenvalue weighted by Crippen LogP contribution is -1.96. The number of phenols is 1. The van der Waals surface area contributed by atoms with Crippen molar-refractivity contribution in [2.45, 2.75) is 212 Å². The summed E-state index contributed by atoms with van der Waals surface area (Å²) in [6.07, 6.45) is 38.4. The fraction of sp³-hybridized carbons (Fsp3) is 0.854. The molecule has 0 spiro atoms. The molecule has 1 aromatic rings. The molecule has 0 radical (unpaired) electrons. The summed E-state index contributed by atoms with van der Waals surface area (Å²) in [4.78, 5) is 0. The van der Waals surface area contributed by atoms with Crippen molar-refractivity contribution in [2.24, 2.45) is 0 Å². The zero-order valence-electron chi connectivity index (χ0n) is 30.0. The maximum Gasteiger partial charge on any atom is 0.122 e. The molecule has 3 heteroatoms. The van der Waals surface area contributed by atoms with Gasteiger partial charge in [-0.25, -0.2) is 0 Å². The molecule has 0 aliphatic rings. The highest BCUT2D eigenvalue weighted by Crippen LogP contribution is 2.32. The topological polar surface area (TPSA) is 20.2 Å². The van der Waals surface area contributed by atoms with Crippen molar-refractivity contribution in [3.8, 4) is 5.75 Å². The smallest absolute Gasteiger partial charge is 0.122 e. The summed E-state index contributed by atoms with van der Waals surface area (Å²) in [5.41, 5.74) is 3.84. The Morgan fingerprint density at radius 3 is 1.18 bits per heavy atom. The van der Waals surface area contributed by atoms with Gasteiger partial charge in [0.15, 0.2) is 0 Å². The van der Waals surface area contributed by atoms with Gasteiger partial charge in [0.25, 0.3) is 0 Å². The van der Waals surface area contributed by atoms with Crippen LogP contribution in [0, 0.1) is 0 Å². The summed E-state index contributed by atoms with van der Waals surface area (Å²) in [5, 5.41) is 11.2. The molecule has 0 saturated carbocycles. The van der Waals surface area contributed by atoms with Crippen LogP contribution in [-0.2, 0) is 17.9 Å². The molecule has 44 heavy (non-hydrogen) atoms. The Kier molecular flexibility index (Phi) is 31.0. The Labute approximate surface area is 285 Å². The van der Waals surface area contributed by atoms with Crippen molar-refractivity contribution in [2.75, 3.05) is 11.5 Å². The van der Waals surface area contributed by atoms with E-state index in [9.17, 15) is 5.11 Å². The van der Waals surface area contributed by atoms with E-state index < -0.39 is 0 Å². The van der Waals surface area contributed by atoms with Gasteiger partial charge in [0.2, 0.25) is 0 Å². The Balaban J connectivity index is 2.39. The van der Waals surface area contributed by atoms with E-state index in [1.54, 1.807) is 0 Å². The van der Waals surface area contributed by atoms with Crippen molar-refractivity contribution in [3.05, 3.63) is 28.8 Å². The number of hydrogen-bond donors (Lipinski definition) is 1. The van der Waals surface area contributed by atoms with Gasteiger partial charge in [-0.3, -0.25) is 0 Å². The van der Waals surface area contributed by atoms with Crippen molar-refractivity contribution < 1.29 is 5.11 Å². The Morgan fingerprint density at radius 2 is 0.750 bits per heavy atom. The largest absolute Gasteiger partial charge is 0.507 e. The molecule has 1 N–H and O–H groups in total. The number of thioether (sulfide) groups is 2. The predicted octanol–water partition coefficient (Wildman–Crippen LogP) is 15.0. The van der Waals surface area contributed by atoms with Crippen molar-refractivity contribution >= 4 is 23.5 Å². The number of unbranched alkanes of at least 4 members (excludes halogenated alkanes) is 24. The van der Waals surface area contributed by atoms with Gasteiger partial charge in [0.1, 0.15) is 5.75 Å². The third kappa shape index (κ3) is 24.9. The van der Waals surface area contributed by atoms with Crippen molar-refractivity contribution in [3.63, 3.8) is 0 Å². The number of aromatic hydroxyl groups is 1. The average Bonchev–Trinajstić information content (AvgIpc) is 3.03. The highest BCUT2D eigenvalue weighted by molar-refractivity contribution is 7.98. The molecule has 258 valence electrons. The molecular formula is C41H76OS2. The Bertz CT molecular complexity index is 734. The van der Waals surface area contributed by atoms with E-state index >= 15 is 0 Å². The molecule has 0 amide bonds. The lowest BCUT2D eigenvalue weighted by Gasteiger charge is -2.14. The van der Waals surface area contributed by atoms with Crippen LogP contribution < -0.4 is 0 Å². The van der Waals surface area contributed by atoms with Gasteiger partial charge >= 0.3 is 0 Å². The summed E-state index contributed by atoms with van der Waals surface area (Å²) in [7, 11) is 0. The van der Waals surface area contributed by atoms with Crippen molar-refractivity contribution in [1.29, 1.82) is 0 Å². The lowest BCUT2D eigenvalue weighted by atomic mass is 9.99. The van der Waals surface area contributed by atoms with Crippen LogP contribution >= 0.6 is 23.5 Å². The van der Waals surface area contributed by atoms with Crippen LogP contribution in [-0.4, -0.2) is 16.6 Å². The molecule has 0 fully saturated rings. The summed E-state index contributed by atoms with van der Waals surface area (Å²) >= 11 is 4.14. The maximum atomic E-state index is 11.2. The summed E-state index contributed by atoms with van der Waals surface area (Å²) < 4.78 is 0. The van der Waals surface area contributed by atoms with E-state index in [-0.39, 0.29) is 0 Å². The van der Waals surface area contributed by atoms with Gasteiger partial charge in [-0.15, -0.1) is 0 Å². The van der Waals surface area contributed by atoms with Gasteiger partial charge in [0, 0.05) is 17.1 Å². The zero-order valence-corrected chi connectivity index (χ0v) is 31.7. The number of aryl methyl sites for hydroxylation is 1. The Morgan fingerprint density at radius 1 is 0.409 bits per heavy atom. The second kappa shape index (κ2) is 32.7. The molecule has 0 saturated heterocycles. The van der Waals surface area contributed by atoms with Gasteiger partial charge in [-0.1, -0.05) is 187 Å². The fourth-order valence-electron chi connectivity index (χ4n) is 6.24. The summed E-state index contributed by atoms with van der Waals surface area (Å²) in [5.74, 6) is 5.16. The second-order valence-corrected chi connectivity index (χ2v) is 15.8. The standard InChI is InChI=1S/C41H76OS2/c1-4-7-10-13-16-18-20-23-26-29-32-43-36-38-34-39(31-28-25-22-15-12-9-6-3)41(42)40(35-38)37-44-33-30-27-24-21-19-17-14-11-8-5-2/h34-35,42H,4-33,36-37H2,1-3H3. The highest BCUT2D eigenvalue weighted by atomic mass is 32.2. The van der Waals surface area contributed by atoms with Gasteiger partial charge in [0.05, 0.1) is 0 Å². The van der Waals surface area contributed by atoms with Crippen LogP contribution in [0.2, 0.25) is 0 Å². The molecule has 1 aromatic carbocycles. The molecule has 0 atom stereocenters. The Hall–Kier alpha value is -0.280. The van der Waals surface area contributed by atoms with E-state index in [1.165, 1.54) is 202 Å². The van der Waals surface area contributed by atoms with E-state index in [0.29, 0.717) is 5.75 Å². The molecule has 0 bridgehead atoms. The van der Waals surface area contributed by atoms with Crippen LogP contribution in [0.15, 0.2) is 12.1 Å². The van der Waals surface area contributed by atoms with E-state index in [4.69, 9.17) is 0 Å². The minimum atomic E-state index is 0.606. The van der Waals surface area contributed by atoms with Crippen molar-refractivity contribution in [1.82, 2.24) is 0 Å². The van der Waals surface area contributed by atoms with Crippen LogP contribution in [0.3, 0.4) is 0 Å². The number of benzene rings is 1. The molecule has 0 unspecified atom stereocenters. The third-order valence-electron chi connectivity index (χ3n) is 9.19. The number of phenolic OH excluding ortho intramolecular Hbond substituents is 1. The quantitative estimate of drug-likeness (QED) is 0.0751. The molecule has 0 aromatic heterocycles. The zero-order chi connectivity index (χ0) is 31.8. The predicted molar refractivity (Wildman–Crippen MR) is 206 cm³/mol. The second-order valence-electron chi connectivity index (χ2n) is 13.6. The minimum absolute atomic E-state index is 0.606. The molecular weight excluding hydrogens is 573 g/mol. The van der Waals surface area contributed by atoms with E-state index in [2.05, 4.69) is 44.7 Å². The van der Waals surface area contributed by atoms with Crippen LogP contribution in [0.1, 0.15) is 211 Å². The molecule has 0 aliphatic carbocycles. The highest BCUT2D eigenvalue weighted by Gasteiger charge is 2.11. The van der Waals surface area contributed by atoms with Crippen LogP contribution in [0.4, 0.5) is 0 Å². The molecule has 0 aliphatic heterocycles. The van der Waals surface area contributed by atoms with Gasteiger partial charge in [-0.05, 0) is 48.3 Å². The fourth-order valence-corrected chi connectivity index (χ4v) is 8.19. The average molecular weight is 649 g/mol. The lowest BCUT2D eigenvalue weighted by molar-refractivity contribution is 0.461. The minimum Gasteiger partial charge on any atom is -0.507 e. The first-order valence-electron chi connectivity index (χ1n) is 19.7. The molecule has 0 heterocycles. The monoisotopic (exact) mass is 649 g/mol. The number of rotatable bonds is 34. The van der Waals surface area contributed by atoms with Gasteiger partial charge < -0.3 is 5.11 Å². The van der Waals surface area contributed by atoms with Crippen LogP contribution in [0.5, 0.6) is 5.75 Å². The summed E-state index contributed by atoms with van der Waals surface area (Å²) in [6, 6.07) is 4.68. The summed E-state index contributed by atoms with van der Waals surface area (Å²) in [6.45, 7) is 6.89. The molecule has 1 rings (SSSR count). The molecule has 1 nitrogen and oxygen atoms in total. The van der Waals surface area contributed by atoms with Crippen LogP contribution in [0.25, 0.3) is 0 Å².